The molecule has 1 aliphatic carbocycles. The van der Waals surface area contributed by atoms with Gasteiger partial charge in [0.1, 0.15) is 4.70 Å². The molecule has 1 fully saturated rings. The third kappa shape index (κ3) is 2.86. The minimum absolute atomic E-state index is 0.00715. The van der Waals surface area contributed by atoms with Crippen molar-refractivity contribution in [3.05, 3.63) is 26.6 Å². The molecule has 4 N–H and O–H groups in total. The lowest BCUT2D eigenvalue weighted by Crippen LogP contribution is -2.38. The summed E-state index contributed by atoms with van der Waals surface area (Å²) in [5.41, 5.74) is 3.01. The van der Waals surface area contributed by atoms with E-state index in [4.69, 9.17) is 18.1 Å². The molecule has 0 bridgehead atoms. The second-order valence-electron chi connectivity index (χ2n) is 5.74. The van der Waals surface area contributed by atoms with E-state index < -0.39 is 0 Å². The molecule has 6 nitrogen and oxygen atoms in total. The Morgan fingerprint density at radius 2 is 2.18 bits per heavy atom. The van der Waals surface area contributed by atoms with Crippen molar-refractivity contribution in [2.75, 3.05) is 0 Å². The average Bonchev–Trinajstić information content (AvgIpc) is 2.99. The molecule has 1 amide bonds. The first kappa shape index (κ1) is 15.4. The second kappa shape index (κ2) is 6.31. The smallest absolute Gasteiger partial charge is 0.272 e. The average molecular weight is 338 g/mol. The first-order valence-electron chi connectivity index (χ1n) is 7.31. The Morgan fingerprint density at radius 3 is 2.86 bits per heavy atom. The van der Waals surface area contributed by atoms with Crippen LogP contribution in [0.25, 0.3) is 10.2 Å². The highest BCUT2D eigenvalue weighted by atomic mass is 32.1. The molecule has 0 unspecified atom stereocenters. The largest absolute Gasteiger partial charge is 0.331 e. The van der Waals surface area contributed by atoms with E-state index in [0.29, 0.717) is 21.9 Å². The van der Waals surface area contributed by atoms with E-state index in [0.717, 1.165) is 31.2 Å². The number of nitrogens with zero attached hydrogens (tertiary/aromatic N) is 1. The molecule has 0 radical (unpaired) electrons. The molecular weight excluding hydrogens is 320 g/mol. The number of nitrogens with two attached hydrogens (primary N) is 1. The van der Waals surface area contributed by atoms with Gasteiger partial charge in [-0.1, -0.05) is 0 Å². The van der Waals surface area contributed by atoms with E-state index in [1.165, 1.54) is 11.3 Å². The Labute approximate surface area is 136 Å². The Bertz CT molecular complexity index is 799. The maximum atomic E-state index is 12.5. The number of fused-ring (bicyclic) bond motifs is 1. The lowest BCUT2D eigenvalue weighted by molar-refractivity contribution is -0.126. The van der Waals surface area contributed by atoms with Crippen LogP contribution in [0.1, 0.15) is 25.7 Å². The maximum Gasteiger partial charge on any atom is 0.272 e. The fourth-order valence-electron chi connectivity index (χ4n) is 3.12. The molecule has 0 aromatic carbocycles. The molecule has 2 heterocycles. The lowest BCUT2D eigenvalue weighted by atomic mass is 9.81. The first-order chi connectivity index (χ1) is 10.6. The highest BCUT2D eigenvalue weighted by Crippen LogP contribution is 2.29. The predicted octanol–water partition coefficient (Wildman–Crippen LogP) is 1.92. The van der Waals surface area contributed by atoms with E-state index >= 15 is 0 Å². The van der Waals surface area contributed by atoms with Crippen molar-refractivity contribution in [2.24, 2.45) is 17.7 Å². The quantitative estimate of drug-likeness (QED) is 0.345. The van der Waals surface area contributed by atoms with Crippen molar-refractivity contribution in [3.63, 3.8) is 0 Å². The number of rotatable bonds is 3. The zero-order chi connectivity index (χ0) is 15.7. The van der Waals surface area contributed by atoms with Gasteiger partial charge in [0.15, 0.2) is 4.77 Å². The highest BCUT2D eigenvalue weighted by Gasteiger charge is 2.26. The number of aromatic nitrogens is 2. The second-order valence-corrected chi connectivity index (χ2v) is 7.04. The van der Waals surface area contributed by atoms with Gasteiger partial charge in [-0.25, -0.2) is 5.84 Å². The number of H-pyrrole nitrogens is 1. The van der Waals surface area contributed by atoms with Crippen LogP contribution in [0.4, 0.5) is 0 Å². The molecule has 8 heteroatoms. The summed E-state index contributed by atoms with van der Waals surface area (Å²) in [7, 11) is 0. The number of carbonyl (C=O) groups is 1. The van der Waals surface area contributed by atoms with Crippen molar-refractivity contribution >= 4 is 39.7 Å². The van der Waals surface area contributed by atoms with Crippen molar-refractivity contribution in [3.8, 4) is 0 Å². The number of aromatic amines is 1. The summed E-state index contributed by atoms with van der Waals surface area (Å²) < 4.78 is 2.84. The van der Waals surface area contributed by atoms with Crippen LogP contribution < -0.4 is 16.8 Å². The molecule has 22 heavy (non-hydrogen) atoms. The summed E-state index contributed by atoms with van der Waals surface area (Å²) in [5, 5.41) is 1.89. The SMILES string of the molecule is NNC(=O)C1CCC(Cn2c(=S)[nH]c3ccsc3c2=O)CC1. The van der Waals surface area contributed by atoms with Gasteiger partial charge in [0.25, 0.3) is 5.56 Å². The normalized spacial score (nSPS) is 21.9. The molecular formula is C14H18N4O2S2. The molecule has 3 rings (SSSR count). The van der Waals surface area contributed by atoms with Crippen LogP contribution in [-0.4, -0.2) is 15.5 Å². The van der Waals surface area contributed by atoms with E-state index in [2.05, 4.69) is 10.4 Å². The maximum absolute atomic E-state index is 12.5. The van der Waals surface area contributed by atoms with Crippen LogP contribution in [0, 0.1) is 16.6 Å². The monoisotopic (exact) mass is 338 g/mol. The molecule has 1 aliphatic rings. The summed E-state index contributed by atoms with van der Waals surface area (Å²) in [5.74, 6) is 5.45. The van der Waals surface area contributed by atoms with Crippen LogP contribution in [0.15, 0.2) is 16.2 Å². The zero-order valence-corrected chi connectivity index (χ0v) is 13.6. The van der Waals surface area contributed by atoms with Crippen LogP contribution in [0.3, 0.4) is 0 Å². The summed E-state index contributed by atoms with van der Waals surface area (Å²) >= 11 is 6.74. The number of hydrogen-bond acceptors (Lipinski definition) is 5. The van der Waals surface area contributed by atoms with Gasteiger partial charge < -0.3 is 4.98 Å². The number of carbonyl (C=O) groups excluding carboxylic acids is 1. The molecule has 1 saturated carbocycles. The Balaban J connectivity index is 1.76. The fraction of sp³-hybridized carbons (Fsp3) is 0.500. The number of nitrogens with one attached hydrogen (secondary N) is 2. The van der Waals surface area contributed by atoms with Crippen LogP contribution >= 0.6 is 23.6 Å². The fourth-order valence-corrected chi connectivity index (χ4v) is 4.18. The minimum Gasteiger partial charge on any atom is -0.331 e. The molecule has 0 spiro atoms. The van der Waals surface area contributed by atoms with E-state index in [9.17, 15) is 9.59 Å². The molecule has 2 aromatic heterocycles. The van der Waals surface area contributed by atoms with Crippen molar-refractivity contribution in [2.45, 2.75) is 32.2 Å². The standard InChI is InChI=1S/C14H18N4O2S2/c15-17-12(19)9-3-1-8(2-4-9)7-18-13(20)11-10(5-6-22-11)16-14(18)21/h5-6,8-9H,1-4,7,15H2,(H,16,21)(H,17,19). The molecule has 0 saturated heterocycles. The summed E-state index contributed by atoms with van der Waals surface area (Å²) in [6.45, 7) is 0.610. The van der Waals surface area contributed by atoms with Crippen molar-refractivity contribution in [1.82, 2.24) is 15.0 Å². The van der Waals surface area contributed by atoms with Crippen molar-refractivity contribution in [1.29, 1.82) is 0 Å². The highest BCUT2D eigenvalue weighted by molar-refractivity contribution is 7.71. The van der Waals surface area contributed by atoms with Crippen molar-refractivity contribution < 1.29 is 4.79 Å². The van der Waals surface area contributed by atoms with Gasteiger partial charge in [0.05, 0.1) is 5.52 Å². The van der Waals surface area contributed by atoms with Gasteiger partial charge >= 0.3 is 0 Å². The Hall–Kier alpha value is -1.51. The van der Waals surface area contributed by atoms with Gasteiger partial charge in [0.2, 0.25) is 5.91 Å². The van der Waals surface area contributed by atoms with Crippen LogP contribution in [0.2, 0.25) is 0 Å². The topological polar surface area (TPSA) is 92.9 Å². The van der Waals surface area contributed by atoms with Gasteiger partial charge in [-0.15, -0.1) is 11.3 Å². The van der Waals surface area contributed by atoms with Crippen LogP contribution in [0.5, 0.6) is 0 Å². The number of hydrogen-bond donors (Lipinski definition) is 3. The summed E-state index contributed by atoms with van der Waals surface area (Å²) in [4.78, 5) is 27.2. The van der Waals surface area contributed by atoms with Crippen LogP contribution in [-0.2, 0) is 11.3 Å². The number of thiophene rings is 1. The number of amides is 1. The minimum atomic E-state index is -0.0899. The summed E-state index contributed by atoms with van der Waals surface area (Å²) in [6.07, 6.45) is 3.42. The Kier molecular flexibility index (Phi) is 4.42. The van der Waals surface area contributed by atoms with E-state index in [1.807, 2.05) is 11.4 Å². The van der Waals surface area contributed by atoms with Gasteiger partial charge in [-0.2, -0.15) is 0 Å². The molecule has 0 atom stereocenters. The predicted molar refractivity (Wildman–Crippen MR) is 89.0 cm³/mol. The van der Waals surface area contributed by atoms with Gasteiger partial charge in [-0.3, -0.25) is 19.6 Å². The van der Waals surface area contributed by atoms with E-state index in [1.54, 1.807) is 4.57 Å². The molecule has 0 aliphatic heterocycles. The third-order valence-electron chi connectivity index (χ3n) is 4.39. The van der Waals surface area contributed by atoms with E-state index in [-0.39, 0.29) is 17.4 Å². The van der Waals surface area contributed by atoms with Gasteiger partial charge in [0, 0.05) is 12.5 Å². The summed E-state index contributed by atoms with van der Waals surface area (Å²) in [6, 6.07) is 1.87. The Morgan fingerprint density at radius 1 is 1.45 bits per heavy atom. The third-order valence-corrected chi connectivity index (χ3v) is 5.62. The zero-order valence-electron chi connectivity index (χ0n) is 12.0. The molecule has 118 valence electrons. The van der Waals surface area contributed by atoms with Gasteiger partial charge in [-0.05, 0) is 55.3 Å². The molecule has 2 aromatic rings. The number of hydrazine groups is 1. The lowest BCUT2D eigenvalue weighted by Gasteiger charge is -2.27. The first-order valence-corrected chi connectivity index (χ1v) is 8.59.